The lowest BCUT2D eigenvalue weighted by Crippen LogP contribution is -2.44. The van der Waals surface area contributed by atoms with Crippen molar-refractivity contribution in [1.82, 2.24) is 0 Å². The van der Waals surface area contributed by atoms with Crippen LogP contribution in [0.1, 0.15) is 95.6 Å². The van der Waals surface area contributed by atoms with Crippen molar-refractivity contribution < 1.29 is 18.8 Å². The molecule has 2 aromatic rings. The van der Waals surface area contributed by atoms with Gasteiger partial charge in [0, 0.05) is 5.56 Å². The Kier molecular flexibility index (Phi) is 15.0. The van der Waals surface area contributed by atoms with E-state index in [1.165, 1.54) is 81.8 Å². The number of nitrogens with zero attached hydrogens (tertiary/aromatic N) is 1. The van der Waals surface area contributed by atoms with Crippen LogP contribution in [0.5, 0.6) is 5.75 Å². The Bertz CT molecular complexity index is 865. The van der Waals surface area contributed by atoms with E-state index in [2.05, 4.69) is 45.3 Å². The largest absolute Gasteiger partial charge is 0.487 e. The summed E-state index contributed by atoms with van der Waals surface area (Å²) in [6, 6.07) is 18.5. The van der Waals surface area contributed by atoms with E-state index in [1.807, 2.05) is 37.3 Å². The van der Waals surface area contributed by atoms with Crippen LogP contribution in [-0.2, 0) is 22.5 Å². The first-order chi connectivity index (χ1) is 17.9. The third kappa shape index (κ3) is 14.3. The summed E-state index contributed by atoms with van der Waals surface area (Å²) in [5.41, 5.74) is 2.46. The maximum Gasteiger partial charge on any atom is 0.361 e. The van der Waals surface area contributed by atoms with E-state index in [-0.39, 0.29) is 18.7 Å². The molecule has 1 atom stereocenters. The number of aryl methyl sites for hydroxylation is 1. The predicted molar refractivity (Wildman–Crippen MR) is 155 cm³/mol. The molecule has 1 unspecified atom stereocenters. The van der Waals surface area contributed by atoms with Crippen molar-refractivity contribution in [3.63, 3.8) is 0 Å². The maximum absolute atomic E-state index is 12.5. The Labute approximate surface area is 227 Å². The van der Waals surface area contributed by atoms with Gasteiger partial charge >= 0.3 is 5.97 Å². The van der Waals surface area contributed by atoms with Crippen LogP contribution in [0, 0.1) is 0 Å². The molecule has 206 valence electrons. The standard InChI is InChI=1S/C33H52NO3/c1-5-6-7-8-9-10-11-12-13-14-18-23-31-24-19-20-25-32(31)37-29(2)28-36-33(35)27-34(3,4)26-30-21-16-15-17-22-30/h15-17,19-22,24-25,29H,5-14,18,23,26-28H2,1-4H3/q+1. The third-order valence-corrected chi connectivity index (χ3v) is 6.84. The highest BCUT2D eigenvalue weighted by molar-refractivity contribution is 5.70. The Hall–Kier alpha value is -2.33. The summed E-state index contributed by atoms with van der Waals surface area (Å²) in [5, 5.41) is 0. The predicted octanol–water partition coefficient (Wildman–Crippen LogP) is 8.13. The molecule has 0 saturated carbocycles. The summed E-state index contributed by atoms with van der Waals surface area (Å²) in [6.07, 6.45) is 15.7. The van der Waals surface area contributed by atoms with Gasteiger partial charge in [0.1, 0.15) is 25.0 Å². The number of para-hydroxylation sites is 1. The Morgan fingerprint density at radius 1 is 0.784 bits per heavy atom. The van der Waals surface area contributed by atoms with Crippen molar-refractivity contribution in [2.24, 2.45) is 0 Å². The normalized spacial score (nSPS) is 12.3. The molecule has 0 saturated heterocycles. The van der Waals surface area contributed by atoms with Crippen molar-refractivity contribution in [3.8, 4) is 5.75 Å². The molecule has 0 bridgehead atoms. The molecule has 2 rings (SSSR count). The average molecular weight is 511 g/mol. The number of hydrogen-bond donors (Lipinski definition) is 0. The van der Waals surface area contributed by atoms with Crippen LogP contribution in [0.25, 0.3) is 0 Å². The van der Waals surface area contributed by atoms with Crippen LogP contribution in [0.4, 0.5) is 0 Å². The highest BCUT2D eigenvalue weighted by atomic mass is 16.6. The Balaban J connectivity index is 1.64. The second-order valence-corrected chi connectivity index (χ2v) is 11.2. The van der Waals surface area contributed by atoms with Crippen molar-refractivity contribution >= 4 is 5.97 Å². The van der Waals surface area contributed by atoms with Gasteiger partial charge in [-0.05, 0) is 31.4 Å². The number of carbonyl (C=O) groups is 1. The molecule has 2 aromatic carbocycles. The van der Waals surface area contributed by atoms with Gasteiger partial charge in [-0.25, -0.2) is 4.79 Å². The molecule has 0 radical (unpaired) electrons. The first-order valence-corrected chi connectivity index (χ1v) is 14.7. The topological polar surface area (TPSA) is 35.5 Å². The summed E-state index contributed by atoms with van der Waals surface area (Å²) < 4.78 is 12.3. The fourth-order valence-corrected chi connectivity index (χ4v) is 4.79. The van der Waals surface area contributed by atoms with Crippen LogP contribution >= 0.6 is 0 Å². The van der Waals surface area contributed by atoms with E-state index in [9.17, 15) is 4.79 Å². The van der Waals surface area contributed by atoms with E-state index in [0.29, 0.717) is 11.0 Å². The first-order valence-electron chi connectivity index (χ1n) is 14.7. The average Bonchev–Trinajstić information content (AvgIpc) is 2.87. The molecule has 0 aliphatic rings. The molecule has 0 aromatic heterocycles. The van der Waals surface area contributed by atoms with E-state index in [4.69, 9.17) is 9.47 Å². The quantitative estimate of drug-likeness (QED) is 0.102. The summed E-state index contributed by atoms with van der Waals surface area (Å²) in [4.78, 5) is 12.5. The van der Waals surface area contributed by atoms with E-state index in [1.54, 1.807) is 0 Å². The molecular formula is C33H52NO3+. The van der Waals surface area contributed by atoms with Gasteiger partial charge in [-0.3, -0.25) is 0 Å². The lowest BCUT2D eigenvalue weighted by Gasteiger charge is -2.29. The molecule has 0 aliphatic heterocycles. The van der Waals surface area contributed by atoms with Crippen molar-refractivity contribution in [3.05, 3.63) is 65.7 Å². The number of ether oxygens (including phenoxy) is 2. The third-order valence-electron chi connectivity index (χ3n) is 6.84. The first kappa shape index (κ1) is 30.9. The minimum absolute atomic E-state index is 0.188. The zero-order valence-corrected chi connectivity index (χ0v) is 24.1. The van der Waals surface area contributed by atoms with Crippen LogP contribution in [0.3, 0.4) is 0 Å². The second-order valence-electron chi connectivity index (χ2n) is 11.2. The summed E-state index contributed by atoms with van der Waals surface area (Å²) in [5.74, 6) is 0.726. The maximum atomic E-state index is 12.5. The second kappa shape index (κ2) is 18.0. The van der Waals surface area contributed by atoms with Crippen molar-refractivity contribution in [1.29, 1.82) is 0 Å². The van der Waals surface area contributed by atoms with Gasteiger partial charge in [0.2, 0.25) is 0 Å². The van der Waals surface area contributed by atoms with Crippen LogP contribution in [0.2, 0.25) is 0 Å². The Morgan fingerprint density at radius 3 is 2.00 bits per heavy atom. The molecule has 4 nitrogen and oxygen atoms in total. The van der Waals surface area contributed by atoms with Gasteiger partial charge in [-0.15, -0.1) is 0 Å². The molecule has 0 aliphatic carbocycles. The fourth-order valence-electron chi connectivity index (χ4n) is 4.79. The summed E-state index contributed by atoms with van der Waals surface area (Å²) in [7, 11) is 4.11. The van der Waals surface area contributed by atoms with Crippen LogP contribution < -0.4 is 4.74 Å². The zero-order valence-electron chi connectivity index (χ0n) is 24.1. The lowest BCUT2D eigenvalue weighted by atomic mass is 10.0. The van der Waals surface area contributed by atoms with E-state index >= 15 is 0 Å². The van der Waals surface area contributed by atoms with Gasteiger partial charge in [0.25, 0.3) is 0 Å². The molecular weight excluding hydrogens is 458 g/mol. The molecule has 0 fully saturated rings. The molecule has 0 heterocycles. The van der Waals surface area contributed by atoms with Crippen LogP contribution in [0.15, 0.2) is 54.6 Å². The number of hydrogen-bond acceptors (Lipinski definition) is 3. The number of carbonyl (C=O) groups excluding carboxylic acids is 1. The minimum Gasteiger partial charge on any atom is -0.487 e. The molecule has 0 N–H and O–H groups in total. The summed E-state index contributed by atoms with van der Waals surface area (Å²) in [6.45, 7) is 5.62. The van der Waals surface area contributed by atoms with E-state index in [0.717, 1.165) is 18.7 Å². The van der Waals surface area contributed by atoms with E-state index < -0.39 is 0 Å². The smallest absolute Gasteiger partial charge is 0.361 e. The number of esters is 1. The van der Waals surface area contributed by atoms with Crippen molar-refractivity contribution in [2.45, 2.75) is 104 Å². The number of rotatable bonds is 20. The van der Waals surface area contributed by atoms with Gasteiger partial charge in [-0.2, -0.15) is 0 Å². The highest BCUT2D eigenvalue weighted by Crippen LogP contribution is 2.22. The molecule has 0 amide bonds. The van der Waals surface area contributed by atoms with Crippen LogP contribution in [-0.4, -0.2) is 43.8 Å². The minimum atomic E-state index is -0.189. The monoisotopic (exact) mass is 510 g/mol. The lowest BCUT2D eigenvalue weighted by molar-refractivity contribution is -0.896. The van der Waals surface area contributed by atoms with Gasteiger partial charge in [0.05, 0.1) is 14.1 Å². The zero-order chi connectivity index (χ0) is 26.8. The fraction of sp³-hybridized carbons (Fsp3) is 0.606. The number of benzene rings is 2. The summed E-state index contributed by atoms with van der Waals surface area (Å²) >= 11 is 0. The molecule has 37 heavy (non-hydrogen) atoms. The highest BCUT2D eigenvalue weighted by Gasteiger charge is 2.22. The van der Waals surface area contributed by atoms with Gasteiger partial charge < -0.3 is 14.0 Å². The number of quaternary nitrogens is 1. The number of unbranched alkanes of at least 4 members (excludes halogenated alkanes) is 10. The van der Waals surface area contributed by atoms with Gasteiger partial charge in [-0.1, -0.05) is 120 Å². The number of likely N-dealkylation sites (N-methyl/N-ethyl adjacent to an activating group) is 1. The molecule has 4 heteroatoms. The van der Waals surface area contributed by atoms with Crippen molar-refractivity contribution in [2.75, 3.05) is 27.2 Å². The molecule has 0 spiro atoms. The SMILES string of the molecule is CCCCCCCCCCCCCc1ccccc1OC(C)COC(=O)C[N+](C)(C)Cc1ccccc1. The Morgan fingerprint density at radius 2 is 1.35 bits per heavy atom. The van der Waals surface area contributed by atoms with Gasteiger partial charge in [0.15, 0.2) is 6.54 Å².